The van der Waals surface area contributed by atoms with Crippen LogP contribution in [0.3, 0.4) is 0 Å². The first kappa shape index (κ1) is 8.43. The van der Waals surface area contributed by atoms with Crippen molar-refractivity contribution in [3.8, 4) is 0 Å². The molecule has 0 aromatic heterocycles. The minimum atomic E-state index is 0.0347. The molecular weight excluding hydrogens is 116 g/mol. The summed E-state index contributed by atoms with van der Waals surface area (Å²) in [7, 11) is 0. The molecule has 0 aliphatic carbocycles. The third kappa shape index (κ3) is 5.30. The lowest BCUT2D eigenvalue weighted by atomic mass is 10.1. The van der Waals surface area contributed by atoms with E-state index in [9.17, 15) is 4.79 Å². The number of nitrogens with one attached hydrogen (secondary N) is 1. The monoisotopic (exact) mass is 130 g/mol. The van der Waals surface area contributed by atoms with Crippen LogP contribution in [0, 0.1) is 5.92 Å². The summed E-state index contributed by atoms with van der Waals surface area (Å²) in [6, 6.07) is 0. The van der Waals surface area contributed by atoms with Crippen LogP contribution in [0.1, 0.15) is 20.3 Å². The molecule has 0 saturated carbocycles. The first-order chi connectivity index (χ1) is 4.16. The van der Waals surface area contributed by atoms with Gasteiger partial charge < -0.3 is 11.1 Å². The number of hydrogen-bond acceptors (Lipinski definition) is 2. The fourth-order valence-corrected chi connectivity index (χ4v) is 0.557. The van der Waals surface area contributed by atoms with E-state index in [-0.39, 0.29) is 12.6 Å². The molecule has 0 heterocycles. The van der Waals surface area contributed by atoms with Gasteiger partial charge in [0.15, 0.2) is 0 Å². The maximum Gasteiger partial charge on any atom is 0.221 e. The summed E-state index contributed by atoms with van der Waals surface area (Å²) in [6.07, 6.45) is 0.567. The molecular formula is C6H14N2O. The van der Waals surface area contributed by atoms with Crippen molar-refractivity contribution < 1.29 is 4.79 Å². The van der Waals surface area contributed by atoms with Gasteiger partial charge in [0.05, 0.1) is 6.67 Å². The van der Waals surface area contributed by atoms with E-state index < -0.39 is 0 Å². The quantitative estimate of drug-likeness (QED) is 0.531. The van der Waals surface area contributed by atoms with Gasteiger partial charge in [-0.25, -0.2) is 0 Å². The van der Waals surface area contributed by atoms with E-state index in [1.807, 2.05) is 13.8 Å². The van der Waals surface area contributed by atoms with Crippen molar-refractivity contribution in [2.45, 2.75) is 20.3 Å². The van der Waals surface area contributed by atoms with E-state index in [4.69, 9.17) is 5.73 Å². The highest BCUT2D eigenvalue weighted by Crippen LogP contribution is 1.96. The normalized spacial score (nSPS) is 9.78. The summed E-state index contributed by atoms with van der Waals surface area (Å²) >= 11 is 0. The molecule has 9 heavy (non-hydrogen) atoms. The lowest BCUT2D eigenvalue weighted by Crippen LogP contribution is -2.29. The summed E-state index contributed by atoms with van der Waals surface area (Å²) in [4.78, 5) is 10.7. The highest BCUT2D eigenvalue weighted by Gasteiger charge is 2.00. The first-order valence-corrected chi connectivity index (χ1v) is 3.13. The predicted molar refractivity (Wildman–Crippen MR) is 36.7 cm³/mol. The predicted octanol–water partition coefficient (Wildman–Crippen LogP) is 0.0649. The summed E-state index contributed by atoms with van der Waals surface area (Å²) in [6.45, 7) is 4.23. The van der Waals surface area contributed by atoms with Gasteiger partial charge >= 0.3 is 0 Å². The van der Waals surface area contributed by atoms with Crippen LogP contribution in [-0.2, 0) is 4.79 Å². The standard InChI is InChI=1S/C6H14N2O/c1-5(2)3-6(9)8-4-7/h5H,3-4,7H2,1-2H3,(H,8,9). The van der Waals surface area contributed by atoms with Gasteiger partial charge in [0.2, 0.25) is 5.91 Å². The van der Waals surface area contributed by atoms with Gasteiger partial charge in [0.25, 0.3) is 0 Å². The number of carbonyl (C=O) groups excluding carboxylic acids is 1. The smallest absolute Gasteiger partial charge is 0.221 e. The molecule has 0 saturated heterocycles. The molecule has 0 aromatic carbocycles. The Morgan fingerprint density at radius 3 is 2.56 bits per heavy atom. The van der Waals surface area contributed by atoms with Gasteiger partial charge in [-0.05, 0) is 5.92 Å². The van der Waals surface area contributed by atoms with Crippen LogP contribution >= 0.6 is 0 Å². The van der Waals surface area contributed by atoms with Gasteiger partial charge in [-0.2, -0.15) is 0 Å². The van der Waals surface area contributed by atoms with Gasteiger partial charge in [0, 0.05) is 6.42 Å². The van der Waals surface area contributed by atoms with Crippen molar-refractivity contribution >= 4 is 5.91 Å². The average molecular weight is 130 g/mol. The van der Waals surface area contributed by atoms with Crippen molar-refractivity contribution in [2.24, 2.45) is 11.7 Å². The summed E-state index contributed by atoms with van der Waals surface area (Å²) in [5.74, 6) is 0.448. The maximum absolute atomic E-state index is 10.7. The second kappa shape index (κ2) is 4.32. The van der Waals surface area contributed by atoms with Crippen LogP contribution in [0.2, 0.25) is 0 Å². The van der Waals surface area contributed by atoms with Gasteiger partial charge in [-0.3, -0.25) is 4.79 Å². The van der Waals surface area contributed by atoms with Crippen LogP contribution in [0.15, 0.2) is 0 Å². The van der Waals surface area contributed by atoms with Crippen molar-refractivity contribution in [3.05, 3.63) is 0 Å². The summed E-state index contributed by atoms with van der Waals surface area (Å²) in [5.41, 5.74) is 5.07. The molecule has 0 bridgehead atoms. The van der Waals surface area contributed by atoms with E-state index in [2.05, 4.69) is 5.32 Å². The molecule has 0 aliphatic heterocycles. The average Bonchev–Trinajstić information content (AvgIpc) is 1.63. The number of carbonyl (C=O) groups is 1. The fraction of sp³-hybridized carbons (Fsp3) is 0.833. The van der Waals surface area contributed by atoms with E-state index >= 15 is 0 Å². The Labute approximate surface area is 55.6 Å². The van der Waals surface area contributed by atoms with Crippen molar-refractivity contribution in [2.75, 3.05) is 6.67 Å². The van der Waals surface area contributed by atoms with Crippen molar-refractivity contribution in [1.82, 2.24) is 5.32 Å². The molecule has 0 atom stereocenters. The van der Waals surface area contributed by atoms with E-state index in [1.54, 1.807) is 0 Å². The molecule has 1 amide bonds. The Bertz CT molecular complexity index is 91.1. The van der Waals surface area contributed by atoms with E-state index in [0.717, 1.165) is 0 Å². The second-order valence-electron chi connectivity index (χ2n) is 2.40. The Morgan fingerprint density at radius 1 is 1.67 bits per heavy atom. The SMILES string of the molecule is CC(C)CC(=O)NCN. The van der Waals surface area contributed by atoms with Crippen molar-refractivity contribution in [3.63, 3.8) is 0 Å². The Hall–Kier alpha value is -0.570. The lowest BCUT2D eigenvalue weighted by molar-refractivity contribution is -0.121. The molecule has 0 aromatic rings. The van der Waals surface area contributed by atoms with Crippen LogP contribution in [0.4, 0.5) is 0 Å². The maximum atomic E-state index is 10.7. The molecule has 3 nitrogen and oxygen atoms in total. The van der Waals surface area contributed by atoms with Crippen LogP contribution < -0.4 is 11.1 Å². The third-order valence-corrected chi connectivity index (χ3v) is 0.893. The van der Waals surface area contributed by atoms with Crippen LogP contribution in [0.25, 0.3) is 0 Å². The molecule has 0 spiro atoms. The minimum Gasteiger partial charge on any atom is -0.344 e. The zero-order chi connectivity index (χ0) is 7.28. The van der Waals surface area contributed by atoms with E-state index in [1.165, 1.54) is 0 Å². The molecule has 3 N–H and O–H groups in total. The van der Waals surface area contributed by atoms with Crippen LogP contribution in [-0.4, -0.2) is 12.6 Å². The Kier molecular flexibility index (Phi) is 4.05. The molecule has 0 unspecified atom stereocenters. The number of hydrogen-bond donors (Lipinski definition) is 2. The Balaban J connectivity index is 3.27. The molecule has 0 radical (unpaired) electrons. The first-order valence-electron chi connectivity index (χ1n) is 3.13. The zero-order valence-electron chi connectivity index (χ0n) is 5.98. The van der Waals surface area contributed by atoms with Gasteiger partial charge in [-0.15, -0.1) is 0 Å². The molecule has 54 valence electrons. The molecule has 3 heteroatoms. The van der Waals surface area contributed by atoms with Gasteiger partial charge in [-0.1, -0.05) is 13.8 Å². The van der Waals surface area contributed by atoms with Crippen molar-refractivity contribution in [1.29, 1.82) is 0 Å². The third-order valence-electron chi connectivity index (χ3n) is 0.893. The number of amides is 1. The number of rotatable bonds is 3. The topological polar surface area (TPSA) is 55.1 Å². The largest absolute Gasteiger partial charge is 0.344 e. The highest BCUT2D eigenvalue weighted by molar-refractivity contribution is 5.75. The lowest BCUT2D eigenvalue weighted by Gasteiger charge is -2.02. The second-order valence-corrected chi connectivity index (χ2v) is 2.40. The highest BCUT2D eigenvalue weighted by atomic mass is 16.1. The zero-order valence-corrected chi connectivity index (χ0v) is 5.98. The number of nitrogens with two attached hydrogens (primary N) is 1. The van der Waals surface area contributed by atoms with Crippen LogP contribution in [0.5, 0.6) is 0 Å². The molecule has 0 rings (SSSR count). The summed E-state index contributed by atoms with van der Waals surface area (Å²) < 4.78 is 0. The van der Waals surface area contributed by atoms with E-state index in [0.29, 0.717) is 12.3 Å². The fourth-order valence-electron chi connectivity index (χ4n) is 0.557. The molecule has 0 fully saturated rings. The Morgan fingerprint density at radius 2 is 2.22 bits per heavy atom. The minimum absolute atomic E-state index is 0.0347. The molecule has 0 aliphatic rings. The summed E-state index contributed by atoms with van der Waals surface area (Å²) in [5, 5.41) is 2.52. The van der Waals surface area contributed by atoms with Gasteiger partial charge in [0.1, 0.15) is 0 Å².